The van der Waals surface area contributed by atoms with Gasteiger partial charge in [0.05, 0.1) is 11.2 Å². The van der Waals surface area contributed by atoms with E-state index in [1.54, 1.807) is 5.56 Å². The van der Waals surface area contributed by atoms with Gasteiger partial charge in [0.2, 0.25) is 0 Å². The summed E-state index contributed by atoms with van der Waals surface area (Å²) in [6, 6.07) is 30.8. The van der Waals surface area contributed by atoms with Crippen LogP contribution in [0.3, 0.4) is 0 Å². The summed E-state index contributed by atoms with van der Waals surface area (Å²) in [5, 5.41) is 1.42. The summed E-state index contributed by atoms with van der Waals surface area (Å²) in [6.07, 6.45) is 5.10. The van der Waals surface area contributed by atoms with E-state index >= 15 is 0 Å². The van der Waals surface area contributed by atoms with Crippen LogP contribution in [-0.4, -0.2) is 16.8 Å². The molecule has 9 rings (SSSR count). The van der Waals surface area contributed by atoms with E-state index in [0.29, 0.717) is 0 Å². The molecule has 1 fully saturated rings. The topological polar surface area (TPSA) is 8.17 Å². The first-order valence-corrected chi connectivity index (χ1v) is 17.2. The normalized spacial score (nSPS) is 22.8. The number of anilines is 2. The van der Waals surface area contributed by atoms with E-state index in [2.05, 4.69) is 144 Å². The van der Waals surface area contributed by atoms with E-state index < -0.39 is 0 Å². The molecule has 0 radical (unpaired) electrons. The number of nitrogens with zero attached hydrogens (tertiary/aromatic N) is 2. The van der Waals surface area contributed by atoms with Crippen molar-refractivity contribution in [2.45, 2.75) is 103 Å². The largest absolute Gasteiger partial charge is 0.335 e. The number of hydrogen-bond donors (Lipinski definition) is 0. The molecule has 1 aliphatic carbocycles. The van der Waals surface area contributed by atoms with Gasteiger partial charge in [0, 0.05) is 33.4 Å². The van der Waals surface area contributed by atoms with Crippen LogP contribution >= 0.6 is 0 Å². The second kappa shape index (κ2) is 8.55. The molecule has 0 bridgehead atoms. The highest BCUT2D eigenvalue weighted by molar-refractivity contribution is 7.00. The Kier molecular flexibility index (Phi) is 5.24. The number of para-hydroxylation sites is 1. The van der Waals surface area contributed by atoms with Crippen LogP contribution in [0.4, 0.5) is 11.4 Å². The second-order valence-electron chi connectivity index (χ2n) is 16.9. The average Bonchev–Trinajstić information content (AvgIpc) is 3.46. The Morgan fingerprint density at radius 2 is 1.42 bits per heavy atom. The standard InChI is InChI=1S/C42H45BN2/c1-39(2,3)27-24-28-34(40(4,5)6)36(26-16-10-9-11-17-26)44-32-20-15-21-33-35(32)43(31(25-27)37(28)44)30-19-14-18-29-38(30)45(33)42(8)23-13-12-22-41(29,42)7/h9-11,14-21,24-25H,12-13,22-23H2,1-8H3/t41?,42-/m1/s1. The van der Waals surface area contributed by atoms with Gasteiger partial charge in [-0.05, 0) is 87.4 Å². The molecule has 226 valence electrons. The zero-order valence-corrected chi connectivity index (χ0v) is 28.3. The minimum atomic E-state index is -0.0415. The maximum absolute atomic E-state index is 2.83. The summed E-state index contributed by atoms with van der Waals surface area (Å²) in [4.78, 5) is 2.83. The Hall–Kier alpha value is -3.72. The minimum absolute atomic E-state index is 0.0316. The molecule has 5 aromatic rings. The van der Waals surface area contributed by atoms with Crippen molar-refractivity contribution >= 4 is 45.4 Å². The number of fused-ring (bicyclic) bond motifs is 7. The van der Waals surface area contributed by atoms with Crippen molar-refractivity contribution in [3.8, 4) is 16.9 Å². The SMILES string of the molecule is CC(C)(C)c1cc2c3c(c1)c(C(C)(C)C)c(-c1ccccc1)n3-c1cccc3c1B2c1cccc2c1N3[C@]1(C)CCCCC21C. The molecule has 2 atom stereocenters. The minimum Gasteiger partial charge on any atom is -0.335 e. The smallest absolute Gasteiger partial charge is 0.252 e. The van der Waals surface area contributed by atoms with Crippen molar-refractivity contribution < 1.29 is 0 Å². The number of aromatic nitrogens is 1. The highest BCUT2D eigenvalue weighted by Crippen LogP contribution is 2.61. The third-order valence-electron chi connectivity index (χ3n) is 12.4. The van der Waals surface area contributed by atoms with Crippen LogP contribution in [0.15, 0.2) is 78.9 Å². The third-order valence-corrected chi connectivity index (χ3v) is 12.4. The molecule has 0 spiro atoms. The summed E-state index contributed by atoms with van der Waals surface area (Å²) in [5.41, 5.74) is 17.5. The van der Waals surface area contributed by atoms with Crippen molar-refractivity contribution in [1.29, 1.82) is 0 Å². The molecule has 1 aromatic heterocycles. The Morgan fingerprint density at radius 1 is 0.711 bits per heavy atom. The lowest BCUT2D eigenvalue weighted by molar-refractivity contribution is 0.195. The van der Waals surface area contributed by atoms with Gasteiger partial charge < -0.3 is 9.47 Å². The van der Waals surface area contributed by atoms with Gasteiger partial charge in [-0.1, -0.05) is 122 Å². The molecule has 0 amide bonds. The van der Waals surface area contributed by atoms with Crippen LogP contribution in [0, 0.1) is 0 Å². The molecule has 3 aliphatic heterocycles. The molecular weight excluding hydrogens is 543 g/mol. The fourth-order valence-electron chi connectivity index (χ4n) is 10.1. The predicted molar refractivity (Wildman–Crippen MR) is 194 cm³/mol. The van der Waals surface area contributed by atoms with Gasteiger partial charge >= 0.3 is 0 Å². The maximum Gasteiger partial charge on any atom is 0.252 e. The van der Waals surface area contributed by atoms with Gasteiger partial charge in [-0.2, -0.15) is 0 Å². The summed E-state index contributed by atoms with van der Waals surface area (Å²) in [5.74, 6) is 0. The molecule has 0 saturated heterocycles. The van der Waals surface area contributed by atoms with Crippen molar-refractivity contribution in [2.24, 2.45) is 0 Å². The molecule has 1 saturated carbocycles. The summed E-state index contributed by atoms with van der Waals surface area (Å²) < 4.78 is 2.68. The van der Waals surface area contributed by atoms with E-state index in [4.69, 9.17) is 0 Å². The van der Waals surface area contributed by atoms with Gasteiger partial charge in [-0.15, -0.1) is 0 Å². The lowest BCUT2D eigenvalue weighted by atomic mass is 9.33. The highest BCUT2D eigenvalue weighted by Gasteiger charge is 2.61. The number of hydrogen-bond acceptors (Lipinski definition) is 1. The fourth-order valence-corrected chi connectivity index (χ4v) is 10.1. The van der Waals surface area contributed by atoms with Gasteiger partial charge in [0.1, 0.15) is 0 Å². The Balaban J connectivity index is 1.49. The lowest BCUT2D eigenvalue weighted by Crippen LogP contribution is -2.64. The molecule has 3 heteroatoms. The van der Waals surface area contributed by atoms with Crippen molar-refractivity contribution in [3.63, 3.8) is 0 Å². The van der Waals surface area contributed by atoms with E-state index in [1.165, 1.54) is 92.4 Å². The van der Waals surface area contributed by atoms with Crippen LogP contribution in [0.2, 0.25) is 0 Å². The first-order valence-electron chi connectivity index (χ1n) is 17.2. The van der Waals surface area contributed by atoms with Crippen molar-refractivity contribution in [1.82, 2.24) is 4.57 Å². The Labute approximate surface area is 269 Å². The highest BCUT2D eigenvalue weighted by atomic mass is 15.3. The predicted octanol–water partition coefficient (Wildman–Crippen LogP) is 8.78. The lowest BCUT2D eigenvalue weighted by Gasteiger charge is -2.52. The number of benzene rings is 4. The molecule has 2 nitrogen and oxygen atoms in total. The van der Waals surface area contributed by atoms with E-state index in [1.807, 2.05) is 0 Å². The zero-order chi connectivity index (χ0) is 31.3. The van der Waals surface area contributed by atoms with E-state index in [-0.39, 0.29) is 28.5 Å². The maximum atomic E-state index is 2.83. The third kappa shape index (κ3) is 3.27. The molecule has 4 heterocycles. The van der Waals surface area contributed by atoms with Crippen molar-refractivity contribution in [3.05, 3.63) is 95.6 Å². The summed E-state index contributed by atoms with van der Waals surface area (Å²) in [6.45, 7) is 19.7. The molecule has 1 unspecified atom stereocenters. The van der Waals surface area contributed by atoms with Crippen LogP contribution in [0.5, 0.6) is 0 Å². The van der Waals surface area contributed by atoms with Gasteiger partial charge in [0.15, 0.2) is 0 Å². The first kappa shape index (κ1) is 27.6. The van der Waals surface area contributed by atoms with E-state index in [9.17, 15) is 0 Å². The average molecular weight is 589 g/mol. The van der Waals surface area contributed by atoms with Crippen LogP contribution in [0.25, 0.3) is 27.8 Å². The summed E-state index contributed by atoms with van der Waals surface area (Å²) >= 11 is 0. The molecule has 4 aliphatic rings. The zero-order valence-electron chi connectivity index (χ0n) is 28.3. The fraction of sp³-hybridized carbons (Fsp3) is 0.381. The Morgan fingerprint density at radius 3 is 2.16 bits per heavy atom. The monoisotopic (exact) mass is 588 g/mol. The van der Waals surface area contributed by atoms with Gasteiger partial charge in [0.25, 0.3) is 6.71 Å². The van der Waals surface area contributed by atoms with Crippen LogP contribution in [-0.2, 0) is 16.2 Å². The van der Waals surface area contributed by atoms with Crippen molar-refractivity contribution in [2.75, 3.05) is 4.90 Å². The first-order chi connectivity index (χ1) is 21.4. The quantitative estimate of drug-likeness (QED) is 0.174. The summed E-state index contributed by atoms with van der Waals surface area (Å²) in [7, 11) is 0. The Bertz CT molecular complexity index is 2070. The molecular formula is C42H45BN2. The van der Waals surface area contributed by atoms with Gasteiger partial charge in [-0.25, -0.2) is 0 Å². The van der Waals surface area contributed by atoms with Crippen LogP contribution in [0.1, 0.15) is 97.8 Å². The van der Waals surface area contributed by atoms with Crippen LogP contribution < -0.4 is 21.3 Å². The molecule has 45 heavy (non-hydrogen) atoms. The second-order valence-corrected chi connectivity index (χ2v) is 16.9. The van der Waals surface area contributed by atoms with E-state index in [0.717, 1.165) is 0 Å². The number of rotatable bonds is 1. The molecule has 4 aromatic carbocycles. The molecule has 0 N–H and O–H groups in total. The van der Waals surface area contributed by atoms with Gasteiger partial charge in [-0.3, -0.25) is 0 Å².